The highest BCUT2D eigenvalue weighted by atomic mass is 16.5. The second-order valence-electron chi connectivity index (χ2n) is 5.07. The summed E-state index contributed by atoms with van der Waals surface area (Å²) in [5, 5.41) is 18.6. The van der Waals surface area contributed by atoms with Crippen LogP contribution in [0.15, 0.2) is 54.7 Å². The van der Waals surface area contributed by atoms with Crippen molar-refractivity contribution >= 4 is 17.6 Å². The third-order valence-corrected chi connectivity index (χ3v) is 3.67. The van der Waals surface area contributed by atoms with Crippen LogP contribution in [-0.4, -0.2) is 5.11 Å². The van der Waals surface area contributed by atoms with Crippen molar-refractivity contribution in [1.82, 2.24) is 0 Å². The minimum atomic E-state index is -0.117. The first-order chi connectivity index (χ1) is 10.7. The van der Waals surface area contributed by atoms with E-state index in [9.17, 15) is 5.11 Å². The fourth-order valence-corrected chi connectivity index (χ4v) is 2.63. The van der Waals surface area contributed by atoms with Gasteiger partial charge in [-0.1, -0.05) is 48.5 Å². The van der Waals surface area contributed by atoms with Crippen LogP contribution in [0.4, 0.5) is 0 Å². The predicted octanol–water partition coefficient (Wildman–Crippen LogP) is 4.99. The third-order valence-electron chi connectivity index (χ3n) is 3.67. The van der Waals surface area contributed by atoms with Crippen molar-refractivity contribution in [3.05, 3.63) is 82.0 Å². The maximum absolute atomic E-state index is 10.0. The van der Waals surface area contributed by atoms with Crippen LogP contribution < -0.4 is 0 Å². The lowest BCUT2D eigenvalue weighted by atomic mass is 9.96. The third kappa shape index (κ3) is 2.45. The van der Waals surface area contributed by atoms with Crippen LogP contribution in [-0.2, 0) is 4.74 Å². The highest BCUT2D eigenvalue weighted by Crippen LogP contribution is 2.37. The van der Waals surface area contributed by atoms with Crippen molar-refractivity contribution in [1.29, 1.82) is 5.39 Å². The number of benzene rings is 2. The van der Waals surface area contributed by atoms with E-state index in [2.05, 4.69) is 4.98 Å². The van der Waals surface area contributed by atoms with Crippen molar-refractivity contribution in [3.8, 4) is 0 Å². The molecule has 1 unspecified atom stereocenters. The van der Waals surface area contributed by atoms with E-state index in [0.717, 1.165) is 22.9 Å². The molecule has 0 amide bonds. The number of aliphatic hydroxyl groups is 1. The molecule has 0 saturated carbocycles. The molecule has 1 aliphatic heterocycles. The zero-order valence-electron chi connectivity index (χ0n) is 12.1. The highest BCUT2D eigenvalue weighted by Gasteiger charge is 2.22. The molecule has 0 aromatic heterocycles. The van der Waals surface area contributed by atoms with Crippen molar-refractivity contribution in [2.75, 3.05) is 0 Å². The molecule has 0 fully saturated rings. The van der Waals surface area contributed by atoms with Crippen LogP contribution in [0, 0.1) is 5.39 Å². The number of fused-ring (bicyclic) bond motifs is 1. The smallest absolute Gasteiger partial charge is 0.392 e. The lowest BCUT2D eigenvalue weighted by Crippen LogP contribution is -2.08. The summed E-state index contributed by atoms with van der Waals surface area (Å²) in [6.45, 7) is 1.99. The Morgan fingerprint density at radius 1 is 1.18 bits per heavy atom. The molecule has 22 heavy (non-hydrogen) atoms. The normalized spacial score (nSPS) is 17.0. The zero-order valence-corrected chi connectivity index (χ0v) is 12.1. The molecule has 108 valence electrons. The van der Waals surface area contributed by atoms with Crippen molar-refractivity contribution < 1.29 is 9.84 Å². The first-order valence-corrected chi connectivity index (χ1v) is 7.01. The number of hydrogen-bond acceptors (Lipinski definition) is 3. The van der Waals surface area contributed by atoms with Crippen LogP contribution >= 0.6 is 0 Å². The van der Waals surface area contributed by atoms with Gasteiger partial charge in [0.25, 0.3) is 0 Å². The first-order valence-electron chi connectivity index (χ1n) is 7.01. The Morgan fingerprint density at radius 3 is 2.73 bits per heavy atom. The van der Waals surface area contributed by atoms with Crippen molar-refractivity contribution in [2.45, 2.75) is 13.0 Å². The largest absolute Gasteiger partial charge is 0.501 e. The Balaban J connectivity index is 2.13. The predicted molar refractivity (Wildman–Crippen MR) is 85.9 cm³/mol. The van der Waals surface area contributed by atoms with E-state index in [1.807, 2.05) is 49.4 Å². The molecule has 0 saturated heterocycles. The van der Waals surface area contributed by atoms with E-state index in [4.69, 9.17) is 10.1 Å². The fourth-order valence-electron chi connectivity index (χ4n) is 2.63. The number of diazo groups is 1. The molecular formula is C18H15N2O2+. The summed E-state index contributed by atoms with van der Waals surface area (Å²) >= 11 is 0. The molecule has 4 nitrogen and oxygen atoms in total. The Labute approximate surface area is 128 Å². The van der Waals surface area contributed by atoms with E-state index >= 15 is 0 Å². The lowest BCUT2D eigenvalue weighted by molar-refractivity contribution is 0.186. The molecule has 0 radical (unpaired) electrons. The molecule has 3 rings (SSSR count). The van der Waals surface area contributed by atoms with Crippen LogP contribution in [0.1, 0.15) is 35.3 Å². The second-order valence-corrected chi connectivity index (χ2v) is 5.07. The van der Waals surface area contributed by atoms with Crippen LogP contribution in [0.2, 0.25) is 0 Å². The molecule has 1 aliphatic rings. The summed E-state index contributed by atoms with van der Waals surface area (Å²) in [6, 6.07) is 15.3. The number of nitrogens with zero attached hydrogens (tertiary/aromatic N) is 2. The van der Waals surface area contributed by atoms with Gasteiger partial charge in [-0.25, -0.2) is 0 Å². The quantitative estimate of drug-likeness (QED) is 0.626. The highest BCUT2D eigenvalue weighted by molar-refractivity contribution is 5.85. The molecule has 1 N–H and O–H groups in total. The number of rotatable bonds is 2. The van der Waals surface area contributed by atoms with Crippen molar-refractivity contribution in [2.24, 2.45) is 0 Å². The summed E-state index contributed by atoms with van der Waals surface area (Å²) < 4.78 is 6.00. The molecule has 2 aromatic rings. The number of hydrogen-bond donors (Lipinski definition) is 1. The van der Waals surface area contributed by atoms with Gasteiger partial charge in [-0.15, -0.1) is 0 Å². The average Bonchev–Trinajstić information content (AvgIpc) is 2.55. The van der Waals surface area contributed by atoms with Crippen LogP contribution in [0.5, 0.6) is 0 Å². The van der Waals surface area contributed by atoms with E-state index in [-0.39, 0.29) is 11.9 Å². The van der Waals surface area contributed by atoms with E-state index in [0.29, 0.717) is 11.3 Å². The summed E-state index contributed by atoms with van der Waals surface area (Å²) in [5.74, 6) is 0.564. The first kappa shape index (κ1) is 13.9. The molecule has 2 aromatic carbocycles. The van der Waals surface area contributed by atoms with Gasteiger partial charge in [0.1, 0.15) is 11.9 Å². The molecule has 1 atom stereocenters. The Hall–Kier alpha value is -3.06. The van der Waals surface area contributed by atoms with Gasteiger partial charge in [-0.3, -0.25) is 0 Å². The monoisotopic (exact) mass is 291 g/mol. The number of aliphatic hydroxyl groups excluding tert-OH is 1. The zero-order chi connectivity index (χ0) is 15.5. The minimum Gasteiger partial charge on any atom is -0.501 e. The SMILES string of the molecule is CC1OC(c2ccccc2/C(O)=C/[N+]#N)=Cc2ccccc21. The van der Waals surface area contributed by atoms with Crippen LogP contribution in [0.25, 0.3) is 22.6 Å². The van der Waals surface area contributed by atoms with Gasteiger partial charge in [0.05, 0.1) is 0 Å². The maximum Gasteiger partial charge on any atom is 0.392 e. The molecular weight excluding hydrogens is 276 g/mol. The van der Waals surface area contributed by atoms with Gasteiger partial charge in [-0.05, 0) is 24.1 Å². The summed E-state index contributed by atoms with van der Waals surface area (Å²) in [4.78, 5) is 2.88. The number of ether oxygens (including phenoxy) is 1. The summed E-state index contributed by atoms with van der Waals surface area (Å²) in [7, 11) is 0. The van der Waals surface area contributed by atoms with Crippen LogP contribution in [0.3, 0.4) is 0 Å². The van der Waals surface area contributed by atoms with Gasteiger partial charge in [0, 0.05) is 11.1 Å². The lowest BCUT2D eigenvalue weighted by Gasteiger charge is -2.25. The minimum absolute atomic E-state index is 0.0714. The van der Waals surface area contributed by atoms with Gasteiger partial charge in [0.2, 0.25) is 11.2 Å². The topological polar surface area (TPSA) is 57.6 Å². The van der Waals surface area contributed by atoms with Gasteiger partial charge in [-0.2, -0.15) is 0 Å². The molecule has 0 bridgehead atoms. The Kier molecular flexibility index (Phi) is 3.63. The van der Waals surface area contributed by atoms with E-state index in [1.54, 1.807) is 12.1 Å². The van der Waals surface area contributed by atoms with Gasteiger partial charge >= 0.3 is 6.20 Å². The second kappa shape index (κ2) is 5.74. The van der Waals surface area contributed by atoms with E-state index in [1.165, 1.54) is 0 Å². The van der Waals surface area contributed by atoms with Gasteiger partial charge in [0.15, 0.2) is 4.98 Å². The summed E-state index contributed by atoms with van der Waals surface area (Å²) in [6.07, 6.45) is 2.88. The molecule has 4 heteroatoms. The molecule has 0 spiro atoms. The molecule has 1 heterocycles. The maximum atomic E-state index is 10.0. The van der Waals surface area contributed by atoms with E-state index < -0.39 is 0 Å². The van der Waals surface area contributed by atoms with Crippen molar-refractivity contribution in [3.63, 3.8) is 0 Å². The standard InChI is InChI=1S/C18H14N2O2/c1-12-14-7-3-2-6-13(14)10-18(22-12)16-9-5-4-8-15(16)17(21)11-20-19/h2-12H,1H3/p+1/b17-11-. The molecule has 0 aliphatic carbocycles. The summed E-state index contributed by atoms with van der Waals surface area (Å²) in [5.41, 5.74) is 3.54. The Bertz CT molecular complexity index is 816. The average molecular weight is 291 g/mol. The fraction of sp³-hybridized carbons (Fsp3) is 0.111. The Morgan fingerprint density at radius 2 is 1.91 bits per heavy atom. The van der Waals surface area contributed by atoms with Gasteiger partial charge < -0.3 is 9.84 Å².